The molecule has 4 aromatic rings. The topological polar surface area (TPSA) is 31.6 Å². The predicted molar refractivity (Wildman–Crippen MR) is 108 cm³/mol. The molecule has 0 fully saturated rings. The van der Waals surface area contributed by atoms with E-state index in [-0.39, 0.29) is 0 Å². The highest BCUT2D eigenvalue weighted by molar-refractivity contribution is 5.89. The Labute approximate surface area is 152 Å². The Balaban J connectivity index is 1.65. The van der Waals surface area contributed by atoms with E-state index in [1.165, 1.54) is 45.9 Å². The summed E-state index contributed by atoms with van der Waals surface area (Å²) in [5, 5.41) is 2.78. The summed E-state index contributed by atoms with van der Waals surface area (Å²) in [5.74, 6) is 1.64. The molecular weight excluding hydrogens is 316 g/mol. The molecule has 1 unspecified atom stereocenters. The van der Waals surface area contributed by atoms with Gasteiger partial charge in [0.05, 0.1) is 0 Å². The molecule has 2 aliphatic carbocycles. The highest BCUT2D eigenvalue weighted by atomic mass is 14.8. The van der Waals surface area contributed by atoms with E-state index in [0.717, 1.165) is 0 Å². The predicted octanol–water partition coefficient (Wildman–Crippen LogP) is 6.23. The lowest BCUT2D eigenvalue weighted by Gasteiger charge is -2.28. The van der Waals surface area contributed by atoms with Gasteiger partial charge >= 0.3 is 0 Å². The van der Waals surface area contributed by atoms with Crippen molar-refractivity contribution in [3.8, 4) is 0 Å². The number of aromatic amines is 2. The number of allylic oxidation sites excluding steroid dienone is 2. The molecule has 2 nitrogen and oxygen atoms in total. The van der Waals surface area contributed by atoms with Crippen molar-refractivity contribution in [1.82, 2.24) is 9.97 Å². The maximum absolute atomic E-state index is 3.81. The van der Waals surface area contributed by atoms with Crippen LogP contribution in [-0.2, 0) is 0 Å². The van der Waals surface area contributed by atoms with Crippen molar-refractivity contribution in [2.24, 2.45) is 5.92 Å². The van der Waals surface area contributed by atoms with Crippen molar-refractivity contribution in [1.29, 1.82) is 0 Å². The van der Waals surface area contributed by atoms with E-state index in [0.29, 0.717) is 17.8 Å². The standard InChI is InChI=1S/C24H22N2/c1-14-10-11-16-18(12-14)23-17-7-3-5-9-21(17)26-24(23)22(16)19-13-25-20-8-4-2-6-15(19)20/h2-9,12-13,16,18,22,25-26H,10-11H2,1H3/t16-,18+,22?/m0/s1. The van der Waals surface area contributed by atoms with Gasteiger partial charge < -0.3 is 9.97 Å². The highest BCUT2D eigenvalue weighted by Crippen LogP contribution is 2.57. The smallest absolute Gasteiger partial charge is 0.0459 e. The third kappa shape index (κ3) is 1.82. The average Bonchev–Trinajstić information content (AvgIpc) is 3.32. The number of rotatable bonds is 1. The minimum absolute atomic E-state index is 0.447. The second kappa shape index (κ2) is 5.14. The van der Waals surface area contributed by atoms with Crippen molar-refractivity contribution in [2.45, 2.75) is 31.6 Å². The minimum Gasteiger partial charge on any atom is -0.361 e. The van der Waals surface area contributed by atoms with Gasteiger partial charge in [0.2, 0.25) is 0 Å². The molecule has 0 amide bonds. The van der Waals surface area contributed by atoms with Gasteiger partial charge in [0, 0.05) is 45.5 Å². The van der Waals surface area contributed by atoms with Crippen LogP contribution in [0.3, 0.4) is 0 Å². The van der Waals surface area contributed by atoms with Crippen LogP contribution in [0.1, 0.15) is 48.4 Å². The molecular formula is C24H22N2. The summed E-state index contributed by atoms with van der Waals surface area (Å²) < 4.78 is 0. The van der Waals surface area contributed by atoms with Crippen molar-refractivity contribution in [2.75, 3.05) is 0 Å². The summed E-state index contributed by atoms with van der Waals surface area (Å²) in [4.78, 5) is 7.31. The summed E-state index contributed by atoms with van der Waals surface area (Å²) >= 11 is 0. The second-order valence-corrected chi connectivity index (χ2v) is 8.01. The van der Waals surface area contributed by atoms with Gasteiger partial charge in [-0.15, -0.1) is 0 Å². The van der Waals surface area contributed by atoms with Crippen LogP contribution in [-0.4, -0.2) is 9.97 Å². The first kappa shape index (κ1) is 14.4. The minimum atomic E-state index is 0.447. The zero-order valence-electron chi connectivity index (χ0n) is 14.9. The van der Waals surface area contributed by atoms with Crippen LogP contribution >= 0.6 is 0 Å². The highest BCUT2D eigenvalue weighted by Gasteiger charge is 2.44. The Bertz CT molecular complexity index is 1170. The molecule has 26 heavy (non-hydrogen) atoms. The molecule has 2 heteroatoms. The third-order valence-corrected chi connectivity index (χ3v) is 6.60. The molecule has 2 heterocycles. The first-order valence-corrected chi connectivity index (χ1v) is 9.65. The molecule has 3 atom stereocenters. The number of para-hydroxylation sites is 2. The van der Waals surface area contributed by atoms with Crippen molar-refractivity contribution in [3.05, 3.63) is 83.2 Å². The fraction of sp³-hybridized carbons (Fsp3) is 0.250. The molecule has 128 valence electrons. The number of hydrogen-bond donors (Lipinski definition) is 2. The number of benzene rings is 2. The average molecular weight is 338 g/mol. The number of H-pyrrole nitrogens is 2. The van der Waals surface area contributed by atoms with E-state index < -0.39 is 0 Å². The van der Waals surface area contributed by atoms with E-state index in [2.05, 4.69) is 77.7 Å². The summed E-state index contributed by atoms with van der Waals surface area (Å²) in [6.45, 7) is 2.30. The molecule has 0 aliphatic heterocycles. The molecule has 6 rings (SSSR count). The molecule has 2 aliphatic rings. The van der Waals surface area contributed by atoms with Crippen LogP contribution < -0.4 is 0 Å². The lowest BCUT2D eigenvalue weighted by atomic mass is 9.75. The molecule has 0 saturated heterocycles. The number of fused-ring (bicyclic) bond motifs is 6. The second-order valence-electron chi connectivity index (χ2n) is 8.01. The Hall–Kier alpha value is -2.74. The quantitative estimate of drug-likeness (QED) is 0.385. The Morgan fingerprint density at radius 3 is 2.58 bits per heavy atom. The van der Waals surface area contributed by atoms with Gasteiger partial charge in [0.15, 0.2) is 0 Å². The fourth-order valence-corrected chi connectivity index (χ4v) is 5.50. The van der Waals surface area contributed by atoms with Gasteiger partial charge in [0.1, 0.15) is 0 Å². The maximum Gasteiger partial charge on any atom is 0.0459 e. The van der Waals surface area contributed by atoms with E-state index in [1.54, 1.807) is 11.1 Å². The first-order chi connectivity index (χ1) is 12.8. The van der Waals surface area contributed by atoms with Gasteiger partial charge in [0.25, 0.3) is 0 Å². The van der Waals surface area contributed by atoms with Crippen LogP contribution in [0.5, 0.6) is 0 Å². The van der Waals surface area contributed by atoms with Gasteiger partial charge in [-0.1, -0.05) is 48.0 Å². The SMILES string of the molecule is CC1=C[C@H]2c3c([nH]c4ccccc34)C(c3c[nH]c4ccccc34)[C@H]2CC1. The normalized spacial score (nSPS) is 24.7. The Kier molecular flexibility index (Phi) is 2.85. The monoisotopic (exact) mass is 338 g/mol. The molecule has 0 radical (unpaired) electrons. The molecule has 0 saturated carbocycles. The van der Waals surface area contributed by atoms with E-state index in [9.17, 15) is 0 Å². The summed E-state index contributed by atoms with van der Waals surface area (Å²) in [7, 11) is 0. The first-order valence-electron chi connectivity index (χ1n) is 9.65. The zero-order chi connectivity index (χ0) is 17.3. The van der Waals surface area contributed by atoms with Gasteiger partial charge in [-0.2, -0.15) is 0 Å². The molecule has 2 aromatic carbocycles. The van der Waals surface area contributed by atoms with Crippen LogP contribution in [0, 0.1) is 5.92 Å². The largest absolute Gasteiger partial charge is 0.361 e. The summed E-state index contributed by atoms with van der Waals surface area (Å²) in [6, 6.07) is 17.5. The van der Waals surface area contributed by atoms with Crippen molar-refractivity contribution < 1.29 is 0 Å². The lowest BCUT2D eigenvalue weighted by molar-refractivity contribution is 0.411. The molecule has 0 spiro atoms. The Morgan fingerprint density at radius 1 is 0.923 bits per heavy atom. The number of aromatic nitrogens is 2. The van der Waals surface area contributed by atoms with E-state index in [1.807, 2.05) is 0 Å². The van der Waals surface area contributed by atoms with Crippen LogP contribution in [0.25, 0.3) is 21.8 Å². The molecule has 2 aromatic heterocycles. The van der Waals surface area contributed by atoms with Gasteiger partial charge in [-0.25, -0.2) is 0 Å². The van der Waals surface area contributed by atoms with Gasteiger partial charge in [-0.3, -0.25) is 0 Å². The molecule has 2 N–H and O–H groups in total. The van der Waals surface area contributed by atoms with E-state index in [4.69, 9.17) is 0 Å². The van der Waals surface area contributed by atoms with Crippen LogP contribution in [0.4, 0.5) is 0 Å². The summed E-state index contributed by atoms with van der Waals surface area (Å²) in [5.41, 5.74) is 8.50. The van der Waals surface area contributed by atoms with Crippen molar-refractivity contribution in [3.63, 3.8) is 0 Å². The summed E-state index contributed by atoms with van der Waals surface area (Å²) in [6.07, 6.45) is 7.29. The van der Waals surface area contributed by atoms with Crippen LogP contribution in [0.15, 0.2) is 66.4 Å². The Morgan fingerprint density at radius 2 is 1.69 bits per heavy atom. The van der Waals surface area contributed by atoms with Crippen molar-refractivity contribution >= 4 is 21.8 Å². The molecule has 0 bridgehead atoms. The van der Waals surface area contributed by atoms with E-state index >= 15 is 0 Å². The maximum atomic E-state index is 3.81. The lowest BCUT2D eigenvalue weighted by Crippen LogP contribution is -2.16. The van der Waals surface area contributed by atoms with Crippen LogP contribution in [0.2, 0.25) is 0 Å². The number of nitrogens with one attached hydrogen (secondary N) is 2. The third-order valence-electron chi connectivity index (χ3n) is 6.60. The zero-order valence-corrected chi connectivity index (χ0v) is 14.9. The fourth-order valence-electron chi connectivity index (χ4n) is 5.50. The van der Waals surface area contributed by atoms with Gasteiger partial charge in [-0.05, 0) is 48.9 Å². The number of hydrogen-bond acceptors (Lipinski definition) is 0.